The van der Waals surface area contributed by atoms with E-state index < -0.39 is 0 Å². The Morgan fingerprint density at radius 1 is 0.789 bits per heavy atom. The minimum atomic E-state index is -0.140. The maximum absolute atomic E-state index is 12.9. The van der Waals surface area contributed by atoms with Crippen LogP contribution in [0.2, 0.25) is 0 Å². The van der Waals surface area contributed by atoms with Gasteiger partial charge in [-0.1, -0.05) is 36.4 Å². The first-order chi connectivity index (χ1) is 18.5. The van der Waals surface area contributed by atoms with Crippen LogP contribution < -0.4 is 9.47 Å². The number of ketones is 1. The Labute approximate surface area is 225 Å². The second-order valence-corrected chi connectivity index (χ2v) is 10.4. The topological polar surface area (TPSA) is 59.1 Å². The van der Waals surface area contributed by atoms with Crippen molar-refractivity contribution >= 4 is 11.7 Å². The molecule has 38 heavy (non-hydrogen) atoms. The van der Waals surface area contributed by atoms with Gasteiger partial charge >= 0.3 is 0 Å². The van der Waals surface area contributed by atoms with E-state index in [1.807, 2.05) is 36.4 Å². The van der Waals surface area contributed by atoms with Crippen molar-refractivity contribution in [3.63, 3.8) is 0 Å². The molecular weight excluding hydrogens is 476 g/mol. The third kappa shape index (κ3) is 5.46. The predicted octanol–water partition coefficient (Wildman–Crippen LogP) is 5.09. The number of carbonyl (C=O) groups excluding carboxylic acids is 2. The van der Waals surface area contributed by atoms with Crippen molar-refractivity contribution in [2.24, 2.45) is 0 Å². The molecule has 6 nitrogen and oxygen atoms in total. The number of carbonyl (C=O) groups is 2. The zero-order chi connectivity index (χ0) is 26.5. The van der Waals surface area contributed by atoms with Gasteiger partial charge in [0.1, 0.15) is 17.3 Å². The van der Waals surface area contributed by atoms with Crippen LogP contribution in [0.1, 0.15) is 52.7 Å². The molecule has 2 saturated heterocycles. The zero-order valence-electron chi connectivity index (χ0n) is 22.3. The monoisotopic (exact) mass is 512 g/mol. The number of Topliss-reactive ketones (excluding diaryl/α,β-unsaturated/α-hetero) is 1. The molecule has 3 aromatic carbocycles. The van der Waals surface area contributed by atoms with Crippen LogP contribution in [0.5, 0.6) is 11.5 Å². The van der Waals surface area contributed by atoms with Crippen molar-refractivity contribution in [3.05, 3.63) is 95.1 Å². The van der Waals surface area contributed by atoms with E-state index in [2.05, 4.69) is 41.3 Å². The molecule has 0 atom stereocenters. The first-order valence-electron chi connectivity index (χ1n) is 13.4. The summed E-state index contributed by atoms with van der Waals surface area (Å²) in [4.78, 5) is 28.7. The normalized spacial score (nSPS) is 17.7. The molecular formula is C32H36N2O4. The van der Waals surface area contributed by atoms with Crippen LogP contribution in [0.3, 0.4) is 0 Å². The number of benzene rings is 3. The minimum absolute atomic E-state index is 0.0139. The van der Waals surface area contributed by atoms with Crippen molar-refractivity contribution in [2.45, 2.75) is 37.6 Å². The van der Waals surface area contributed by atoms with E-state index in [0.717, 1.165) is 44.0 Å². The van der Waals surface area contributed by atoms with Crippen LogP contribution in [0.4, 0.5) is 0 Å². The van der Waals surface area contributed by atoms with Crippen LogP contribution >= 0.6 is 0 Å². The number of hydrogen-bond acceptors (Lipinski definition) is 5. The lowest BCUT2D eigenvalue weighted by Crippen LogP contribution is -2.46. The second-order valence-electron chi connectivity index (χ2n) is 10.4. The lowest BCUT2D eigenvalue weighted by molar-refractivity contribution is -0.120. The summed E-state index contributed by atoms with van der Waals surface area (Å²) in [5.74, 6) is 1.97. The Hall–Kier alpha value is -3.64. The molecule has 2 heterocycles. The number of ether oxygens (including phenoxy) is 2. The molecule has 0 aliphatic carbocycles. The fraction of sp³-hybridized carbons (Fsp3) is 0.375. The molecule has 5 rings (SSSR count). The van der Waals surface area contributed by atoms with Gasteiger partial charge in [-0.3, -0.25) is 14.5 Å². The van der Waals surface area contributed by atoms with E-state index in [1.165, 1.54) is 16.7 Å². The van der Waals surface area contributed by atoms with Gasteiger partial charge in [0.05, 0.1) is 14.2 Å². The summed E-state index contributed by atoms with van der Waals surface area (Å²) in [6, 6.07) is 25.0. The van der Waals surface area contributed by atoms with Crippen LogP contribution in [-0.4, -0.2) is 61.9 Å². The van der Waals surface area contributed by atoms with E-state index >= 15 is 0 Å². The van der Waals surface area contributed by atoms with E-state index in [9.17, 15) is 9.59 Å². The third-order valence-electron chi connectivity index (χ3n) is 8.07. The van der Waals surface area contributed by atoms with Gasteiger partial charge < -0.3 is 14.4 Å². The summed E-state index contributed by atoms with van der Waals surface area (Å²) in [6.45, 7) is 3.78. The van der Waals surface area contributed by atoms with Gasteiger partial charge in [0, 0.05) is 50.0 Å². The molecule has 198 valence electrons. The molecule has 0 radical (unpaired) electrons. The van der Waals surface area contributed by atoms with Gasteiger partial charge in [0.2, 0.25) is 0 Å². The number of methoxy groups -OCH3 is 2. The molecule has 2 aliphatic rings. The summed E-state index contributed by atoms with van der Waals surface area (Å²) in [5.41, 5.74) is 4.31. The molecule has 0 N–H and O–H groups in total. The standard InChI is InChI=1S/C32H36N2O4/c1-37-29-12-8-26(9-13-29)32(27-10-14-30(38-2)15-11-27)18-3-19-33(23-32)22-24-4-6-25(7-5-24)31(36)34-20-16-28(35)17-21-34/h4-15H,3,16-23H2,1-2H3. The number of hydrogen-bond donors (Lipinski definition) is 0. The molecule has 2 fully saturated rings. The van der Waals surface area contributed by atoms with E-state index in [0.29, 0.717) is 31.5 Å². The number of piperidine rings is 2. The zero-order valence-corrected chi connectivity index (χ0v) is 22.3. The fourth-order valence-electron chi connectivity index (χ4n) is 5.89. The smallest absolute Gasteiger partial charge is 0.253 e. The maximum Gasteiger partial charge on any atom is 0.253 e. The second kappa shape index (κ2) is 11.4. The van der Waals surface area contributed by atoms with Crippen LogP contribution in [-0.2, 0) is 16.8 Å². The fourth-order valence-corrected chi connectivity index (χ4v) is 5.89. The number of nitrogens with zero attached hydrogens (tertiary/aromatic N) is 2. The Morgan fingerprint density at radius 3 is 1.87 bits per heavy atom. The highest BCUT2D eigenvalue weighted by molar-refractivity contribution is 5.95. The number of likely N-dealkylation sites (tertiary alicyclic amines) is 2. The van der Waals surface area contributed by atoms with Gasteiger partial charge in [0.25, 0.3) is 5.91 Å². The van der Waals surface area contributed by atoms with E-state index in [-0.39, 0.29) is 17.1 Å². The lowest BCUT2D eigenvalue weighted by Gasteiger charge is -2.44. The average molecular weight is 513 g/mol. The molecule has 0 saturated carbocycles. The summed E-state index contributed by atoms with van der Waals surface area (Å²) in [6.07, 6.45) is 3.07. The summed E-state index contributed by atoms with van der Waals surface area (Å²) < 4.78 is 10.9. The Balaban J connectivity index is 1.35. The molecule has 1 amide bonds. The highest BCUT2D eigenvalue weighted by atomic mass is 16.5. The number of rotatable bonds is 7. The van der Waals surface area contributed by atoms with Gasteiger partial charge in [-0.15, -0.1) is 0 Å². The van der Waals surface area contributed by atoms with E-state index in [1.54, 1.807) is 19.1 Å². The first kappa shape index (κ1) is 26.0. The van der Waals surface area contributed by atoms with Gasteiger partial charge in [-0.25, -0.2) is 0 Å². The van der Waals surface area contributed by atoms with Gasteiger partial charge in [0.15, 0.2) is 0 Å². The first-order valence-corrected chi connectivity index (χ1v) is 13.4. The van der Waals surface area contributed by atoms with E-state index in [4.69, 9.17) is 9.47 Å². The SMILES string of the molecule is COc1ccc(C2(c3ccc(OC)cc3)CCCN(Cc3ccc(C(=O)N4CCC(=O)CC4)cc3)C2)cc1. The lowest BCUT2D eigenvalue weighted by atomic mass is 9.69. The largest absolute Gasteiger partial charge is 0.497 e. The third-order valence-corrected chi connectivity index (χ3v) is 8.07. The highest BCUT2D eigenvalue weighted by Crippen LogP contribution is 2.41. The van der Waals surface area contributed by atoms with Crippen molar-refractivity contribution in [1.29, 1.82) is 0 Å². The van der Waals surface area contributed by atoms with Crippen molar-refractivity contribution in [3.8, 4) is 11.5 Å². The Kier molecular flexibility index (Phi) is 7.79. The summed E-state index contributed by atoms with van der Waals surface area (Å²) in [7, 11) is 3.39. The molecule has 2 aliphatic heterocycles. The molecule has 0 spiro atoms. The van der Waals surface area contributed by atoms with Gasteiger partial charge in [-0.2, -0.15) is 0 Å². The molecule has 0 aromatic heterocycles. The van der Waals surface area contributed by atoms with Crippen LogP contribution in [0.25, 0.3) is 0 Å². The van der Waals surface area contributed by atoms with Crippen molar-refractivity contribution in [1.82, 2.24) is 9.80 Å². The maximum atomic E-state index is 12.9. The average Bonchev–Trinajstić information content (AvgIpc) is 2.98. The van der Waals surface area contributed by atoms with Crippen molar-refractivity contribution < 1.29 is 19.1 Å². The Bertz CT molecular complexity index is 1190. The van der Waals surface area contributed by atoms with Gasteiger partial charge in [-0.05, 0) is 72.5 Å². The summed E-state index contributed by atoms with van der Waals surface area (Å²) >= 11 is 0. The summed E-state index contributed by atoms with van der Waals surface area (Å²) in [5, 5.41) is 0. The highest BCUT2D eigenvalue weighted by Gasteiger charge is 2.39. The molecule has 6 heteroatoms. The molecule has 0 bridgehead atoms. The van der Waals surface area contributed by atoms with Crippen LogP contribution in [0, 0.1) is 0 Å². The quantitative estimate of drug-likeness (QED) is 0.441. The predicted molar refractivity (Wildman–Crippen MR) is 148 cm³/mol. The van der Waals surface area contributed by atoms with Crippen LogP contribution in [0.15, 0.2) is 72.8 Å². The molecule has 3 aromatic rings. The Morgan fingerprint density at radius 2 is 1.34 bits per heavy atom. The van der Waals surface area contributed by atoms with Crippen molar-refractivity contribution in [2.75, 3.05) is 40.4 Å². The minimum Gasteiger partial charge on any atom is -0.497 e. The number of amides is 1. The molecule has 0 unspecified atom stereocenters.